The number of fused-ring (bicyclic) bond motifs is 4. The molecule has 0 N–H and O–H groups in total. The number of hydrogen-bond acceptors (Lipinski definition) is 3. The molecule has 0 radical (unpaired) electrons. The topological polar surface area (TPSA) is 49.8 Å². The van der Waals surface area contributed by atoms with Gasteiger partial charge in [0, 0.05) is 5.56 Å². The van der Waals surface area contributed by atoms with Crippen molar-refractivity contribution in [3.05, 3.63) is 222 Å². The van der Waals surface area contributed by atoms with E-state index in [-0.39, 0.29) is 0 Å². The zero-order valence-electron chi connectivity index (χ0n) is 29.3. The summed E-state index contributed by atoms with van der Waals surface area (Å²) in [5.74, 6) is 0.624. The molecule has 0 fully saturated rings. The van der Waals surface area contributed by atoms with Gasteiger partial charge in [-0.25, -0.2) is 4.98 Å². The highest BCUT2D eigenvalue weighted by molar-refractivity contribution is 5.90. The summed E-state index contributed by atoms with van der Waals surface area (Å²) in [5.41, 5.74) is 17.0. The van der Waals surface area contributed by atoms with Crippen LogP contribution in [-0.2, 0) is 5.41 Å². The monoisotopic (exact) mass is 688 g/mol. The predicted octanol–water partition coefficient (Wildman–Crippen LogP) is 12.7. The van der Waals surface area contributed by atoms with Crippen molar-refractivity contribution in [3.63, 3.8) is 0 Å². The lowest BCUT2D eigenvalue weighted by Gasteiger charge is -2.34. The number of benzene rings is 8. The summed E-state index contributed by atoms with van der Waals surface area (Å²) in [6.07, 6.45) is 0. The third-order valence-corrected chi connectivity index (χ3v) is 10.9. The molecule has 0 unspecified atom stereocenters. The van der Waals surface area contributed by atoms with Gasteiger partial charge in [0.2, 0.25) is 5.89 Å². The first-order valence-corrected chi connectivity index (χ1v) is 18.2. The van der Waals surface area contributed by atoms with Crippen molar-refractivity contribution >= 4 is 11.1 Å². The lowest BCUT2D eigenvalue weighted by atomic mass is 9.67. The van der Waals surface area contributed by atoms with Gasteiger partial charge in [-0.3, -0.25) is 0 Å². The van der Waals surface area contributed by atoms with Crippen LogP contribution in [0, 0.1) is 11.3 Å². The van der Waals surface area contributed by atoms with Gasteiger partial charge in [0.25, 0.3) is 0 Å². The molecule has 1 aliphatic carbocycles. The van der Waals surface area contributed by atoms with E-state index in [9.17, 15) is 5.26 Å². The second-order valence-electron chi connectivity index (χ2n) is 13.8. The van der Waals surface area contributed by atoms with E-state index in [0.717, 1.165) is 44.5 Å². The molecule has 54 heavy (non-hydrogen) atoms. The molecule has 0 atom stereocenters. The Kier molecular flexibility index (Phi) is 7.42. The van der Waals surface area contributed by atoms with Gasteiger partial charge in [-0.2, -0.15) is 5.26 Å². The zero-order valence-corrected chi connectivity index (χ0v) is 29.3. The number of para-hydroxylation sites is 2. The van der Waals surface area contributed by atoms with Crippen LogP contribution in [0.15, 0.2) is 199 Å². The highest BCUT2D eigenvalue weighted by Crippen LogP contribution is 2.57. The van der Waals surface area contributed by atoms with E-state index in [0.29, 0.717) is 11.5 Å². The lowest BCUT2D eigenvalue weighted by Crippen LogP contribution is -2.28. The quantitative estimate of drug-likeness (QED) is 0.175. The standard InChI is InChI=1S/C51H32N2O/c52-33-34-15-17-35(18-16-34)36-19-21-37(22-20-36)40-27-29-44-45-30-28-41(38-23-25-39(26-24-38)50-53-48-13-7-8-14-49(48)54-50)32-47(45)51(46(44)31-40,42-9-3-1-4-10-42)43-11-5-2-6-12-43/h1-32H. The molecule has 252 valence electrons. The van der Waals surface area contributed by atoms with E-state index in [2.05, 4.69) is 152 Å². The van der Waals surface area contributed by atoms with Crippen molar-refractivity contribution < 1.29 is 4.42 Å². The average molecular weight is 689 g/mol. The maximum Gasteiger partial charge on any atom is 0.227 e. The number of aromatic nitrogens is 1. The van der Waals surface area contributed by atoms with E-state index >= 15 is 0 Å². The van der Waals surface area contributed by atoms with Crippen molar-refractivity contribution in [2.75, 3.05) is 0 Å². The van der Waals surface area contributed by atoms with E-state index < -0.39 is 5.41 Å². The van der Waals surface area contributed by atoms with Gasteiger partial charge in [-0.15, -0.1) is 0 Å². The van der Waals surface area contributed by atoms with E-state index in [1.807, 2.05) is 48.5 Å². The van der Waals surface area contributed by atoms with Crippen LogP contribution in [0.4, 0.5) is 0 Å². The second-order valence-corrected chi connectivity index (χ2v) is 13.8. The van der Waals surface area contributed by atoms with Crippen LogP contribution in [0.3, 0.4) is 0 Å². The predicted molar refractivity (Wildman–Crippen MR) is 218 cm³/mol. The molecule has 0 bridgehead atoms. The highest BCUT2D eigenvalue weighted by Gasteiger charge is 2.46. The third-order valence-electron chi connectivity index (χ3n) is 10.9. The van der Waals surface area contributed by atoms with Crippen LogP contribution in [-0.4, -0.2) is 4.98 Å². The first-order valence-electron chi connectivity index (χ1n) is 18.2. The molecule has 0 amide bonds. The average Bonchev–Trinajstić information content (AvgIpc) is 3.82. The molecule has 3 nitrogen and oxygen atoms in total. The normalized spacial score (nSPS) is 12.6. The number of nitrogens with zero attached hydrogens (tertiary/aromatic N) is 2. The van der Waals surface area contributed by atoms with Crippen molar-refractivity contribution in [2.24, 2.45) is 0 Å². The summed E-state index contributed by atoms with van der Waals surface area (Å²) in [5, 5.41) is 9.24. The van der Waals surface area contributed by atoms with Crippen molar-refractivity contribution in [3.8, 4) is 62.0 Å². The van der Waals surface area contributed by atoms with E-state index in [1.165, 1.54) is 38.9 Å². The van der Waals surface area contributed by atoms with Gasteiger partial charge in [0.1, 0.15) is 5.52 Å². The second kappa shape index (κ2) is 12.7. The number of oxazole rings is 1. The minimum atomic E-state index is -0.542. The lowest BCUT2D eigenvalue weighted by molar-refractivity contribution is 0.620. The van der Waals surface area contributed by atoms with Gasteiger partial charge in [-0.1, -0.05) is 146 Å². The van der Waals surface area contributed by atoms with Gasteiger partial charge in [-0.05, 0) is 115 Å². The van der Waals surface area contributed by atoms with Crippen molar-refractivity contribution in [2.45, 2.75) is 5.41 Å². The summed E-state index contributed by atoms with van der Waals surface area (Å²) in [6.45, 7) is 0. The smallest absolute Gasteiger partial charge is 0.227 e. The Morgan fingerprint density at radius 2 is 0.852 bits per heavy atom. The Morgan fingerprint density at radius 3 is 1.35 bits per heavy atom. The fourth-order valence-corrected chi connectivity index (χ4v) is 8.24. The Hall–Kier alpha value is -7.28. The summed E-state index contributed by atoms with van der Waals surface area (Å²) >= 11 is 0. The SMILES string of the molecule is N#Cc1ccc(-c2ccc(-c3ccc4c(c3)C(c3ccccc3)(c3ccccc3)c3cc(-c5ccc(-c6nc7ccccc7o6)cc5)ccc3-4)cc2)cc1. The van der Waals surface area contributed by atoms with Gasteiger partial charge in [0.15, 0.2) is 5.58 Å². The summed E-state index contributed by atoms with van der Waals surface area (Å²) in [6, 6.07) is 70.9. The van der Waals surface area contributed by atoms with Gasteiger partial charge < -0.3 is 4.42 Å². The molecular weight excluding hydrogens is 657 g/mol. The minimum Gasteiger partial charge on any atom is -0.436 e. The number of nitriles is 1. The molecule has 1 aromatic heterocycles. The first kappa shape index (κ1) is 31.5. The number of rotatable bonds is 6. The molecular formula is C51H32N2O. The maximum absolute atomic E-state index is 9.24. The molecule has 0 aliphatic heterocycles. The molecule has 0 saturated heterocycles. The van der Waals surface area contributed by atoms with Gasteiger partial charge in [0.05, 0.1) is 17.0 Å². The minimum absolute atomic E-state index is 0.542. The van der Waals surface area contributed by atoms with E-state index in [1.54, 1.807) is 0 Å². The summed E-state index contributed by atoms with van der Waals surface area (Å²) in [7, 11) is 0. The van der Waals surface area contributed by atoms with Crippen molar-refractivity contribution in [1.29, 1.82) is 5.26 Å². The fourth-order valence-electron chi connectivity index (χ4n) is 8.24. The van der Waals surface area contributed by atoms with Crippen LogP contribution < -0.4 is 0 Å². The molecule has 10 rings (SSSR count). The molecule has 3 heteroatoms. The highest BCUT2D eigenvalue weighted by atomic mass is 16.3. The van der Waals surface area contributed by atoms with Gasteiger partial charge >= 0.3 is 0 Å². The van der Waals surface area contributed by atoms with Crippen LogP contribution in [0.2, 0.25) is 0 Å². The first-order chi connectivity index (χ1) is 26.7. The Bertz CT molecular complexity index is 2770. The Balaban J connectivity index is 1.10. The molecule has 1 heterocycles. The molecule has 1 aliphatic rings. The van der Waals surface area contributed by atoms with Crippen molar-refractivity contribution in [1.82, 2.24) is 4.98 Å². The maximum atomic E-state index is 9.24. The fraction of sp³-hybridized carbons (Fsp3) is 0.0196. The third kappa shape index (κ3) is 5.08. The van der Waals surface area contributed by atoms with Crippen LogP contribution >= 0.6 is 0 Å². The van der Waals surface area contributed by atoms with Crippen LogP contribution in [0.1, 0.15) is 27.8 Å². The summed E-state index contributed by atoms with van der Waals surface area (Å²) in [4.78, 5) is 4.72. The molecule has 0 saturated carbocycles. The Labute approximate surface area is 314 Å². The molecule has 9 aromatic rings. The number of hydrogen-bond donors (Lipinski definition) is 0. The molecule has 0 spiro atoms. The zero-order chi connectivity index (χ0) is 36.1. The van der Waals surface area contributed by atoms with Crippen LogP contribution in [0.5, 0.6) is 0 Å². The summed E-state index contributed by atoms with van der Waals surface area (Å²) < 4.78 is 6.08. The van der Waals surface area contributed by atoms with Crippen LogP contribution in [0.25, 0.3) is 67.1 Å². The largest absolute Gasteiger partial charge is 0.436 e. The van der Waals surface area contributed by atoms with E-state index in [4.69, 9.17) is 9.40 Å². The Morgan fingerprint density at radius 1 is 0.426 bits per heavy atom. The molecule has 8 aromatic carbocycles.